The van der Waals surface area contributed by atoms with Crippen molar-refractivity contribution in [3.63, 3.8) is 0 Å². The van der Waals surface area contributed by atoms with Gasteiger partial charge in [0.05, 0.1) is 0 Å². The Labute approximate surface area is 124 Å². The van der Waals surface area contributed by atoms with Gasteiger partial charge < -0.3 is 0 Å². The Morgan fingerprint density at radius 3 is 2.00 bits per heavy atom. The van der Waals surface area contributed by atoms with E-state index in [9.17, 15) is 0 Å². The van der Waals surface area contributed by atoms with Crippen molar-refractivity contribution in [2.45, 2.75) is 16.7 Å². The van der Waals surface area contributed by atoms with Gasteiger partial charge in [0.25, 0.3) is 0 Å². The molecule has 0 bridgehead atoms. The smallest absolute Gasteiger partial charge is 0.0124 e. The largest absolute Gasteiger partial charge is 0.0901 e. The average molecular weight is 276 g/mol. The summed E-state index contributed by atoms with van der Waals surface area (Å²) in [6, 6.07) is 27.8. The molecule has 0 atom stereocenters. The Kier molecular flexibility index (Phi) is 3.89. The van der Waals surface area contributed by atoms with Crippen LogP contribution in [0.15, 0.2) is 88.7 Å². The number of hydrogen-bond acceptors (Lipinski definition) is 1. The van der Waals surface area contributed by atoms with Gasteiger partial charge in [0, 0.05) is 9.79 Å². The Balaban J connectivity index is 1.80. The predicted molar refractivity (Wildman–Crippen MR) is 87.2 cm³/mol. The molecule has 0 amide bonds. The molecule has 0 aliphatic carbocycles. The molecule has 0 aromatic heterocycles. The first-order chi connectivity index (χ1) is 9.81. The fraction of sp³-hybridized carbons (Fsp3) is 0.0526. The molecule has 1 heteroatoms. The maximum absolute atomic E-state index is 2.22. The van der Waals surface area contributed by atoms with Crippen LogP contribution in [0.1, 0.15) is 5.56 Å². The molecule has 0 N–H and O–H groups in total. The highest BCUT2D eigenvalue weighted by Gasteiger charge is 2.00. The molecular formula is C19H16S. The van der Waals surface area contributed by atoms with Gasteiger partial charge in [0.2, 0.25) is 0 Å². The van der Waals surface area contributed by atoms with Crippen molar-refractivity contribution < 1.29 is 0 Å². The van der Waals surface area contributed by atoms with E-state index in [2.05, 4.69) is 79.7 Å². The standard InChI is InChI=1S/C19H16S/c1-15-6-5-9-19(14-15)20-18-12-10-17(11-13-18)16-7-3-2-4-8-16/h2-14H,1H3. The van der Waals surface area contributed by atoms with E-state index in [0.29, 0.717) is 0 Å². The molecule has 3 rings (SSSR count). The van der Waals surface area contributed by atoms with Crippen LogP contribution >= 0.6 is 11.8 Å². The molecular weight excluding hydrogens is 260 g/mol. The Bertz CT molecular complexity index is 684. The summed E-state index contributed by atoms with van der Waals surface area (Å²) in [5.41, 5.74) is 3.83. The Morgan fingerprint density at radius 1 is 0.600 bits per heavy atom. The lowest BCUT2D eigenvalue weighted by atomic mass is 10.1. The molecule has 0 fully saturated rings. The van der Waals surface area contributed by atoms with Gasteiger partial charge in [-0.1, -0.05) is 71.9 Å². The SMILES string of the molecule is Cc1cccc(Sc2ccc(-c3ccccc3)cc2)c1. The molecule has 0 aliphatic heterocycles. The van der Waals surface area contributed by atoms with Crippen molar-refractivity contribution in [3.8, 4) is 11.1 Å². The van der Waals surface area contributed by atoms with Gasteiger partial charge >= 0.3 is 0 Å². The molecule has 0 aliphatic rings. The molecule has 0 unspecified atom stereocenters. The summed E-state index contributed by atoms with van der Waals surface area (Å²) >= 11 is 1.81. The minimum Gasteiger partial charge on any atom is -0.0901 e. The van der Waals surface area contributed by atoms with Crippen LogP contribution in [0.2, 0.25) is 0 Å². The van der Waals surface area contributed by atoms with Crippen molar-refractivity contribution in [2.24, 2.45) is 0 Å². The van der Waals surface area contributed by atoms with Crippen LogP contribution < -0.4 is 0 Å². The molecule has 0 saturated heterocycles. The van der Waals surface area contributed by atoms with Crippen LogP contribution in [0.4, 0.5) is 0 Å². The molecule has 98 valence electrons. The quantitative estimate of drug-likeness (QED) is 0.581. The van der Waals surface area contributed by atoms with Crippen LogP contribution in [0, 0.1) is 6.92 Å². The summed E-state index contributed by atoms with van der Waals surface area (Å²) in [6.07, 6.45) is 0. The highest BCUT2D eigenvalue weighted by molar-refractivity contribution is 7.99. The second-order valence-electron chi connectivity index (χ2n) is 4.81. The second-order valence-corrected chi connectivity index (χ2v) is 5.96. The predicted octanol–water partition coefficient (Wildman–Crippen LogP) is 5.81. The average Bonchev–Trinajstić information content (AvgIpc) is 2.49. The lowest BCUT2D eigenvalue weighted by Crippen LogP contribution is -1.78. The Hall–Kier alpha value is -1.99. The highest BCUT2D eigenvalue weighted by Crippen LogP contribution is 2.30. The van der Waals surface area contributed by atoms with Crippen molar-refractivity contribution in [1.82, 2.24) is 0 Å². The molecule has 0 saturated carbocycles. The minimum absolute atomic E-state index is 1.26. The molecule has 20 heavy (non-hydrogen) atoms. The molecule has 0 heterocycles. The van der Waals surface area contributed by atoms with E-state index in [-0.39, 0.29) is 0 Å². The van der Waals surface area contributed by atoms with E-state index in [1.807, 2.05) is 6.07 Å². The highest BCUT2D eigenvalue weighted by atomic mass is 32.2. The third kappa shape index (κ3) is 3.12. The zero-order chi connectivity index (χ0) is 13.8. The van der Waals surface area contributed by atoms with Gasteiger partial charge in [-0.15, -0.1) is 0 Å². The monoisotopic (exact) mass is 276 g/mol. The molecule has 0 spiro atoms. The van der Waals surface area contributed by atoms with Gasteiger partial charge in [-0.05, 0) is 42.3 Å². The summed E-state index contributed by atoms with van der Waals surface area (Å²) < 4.78 is 0. The van der Waals surface area contributed by atoms with Crippen LogP contribution in [0.5, 0.6) is 0 Å². The summed E-state index contributed by atoms with van der Waals surface area (Å²) in [4.78, 5) is 2.56. The minimum atomic E-state index is 1.26. The van der Waals surface area contributed by atoms with Gasteiger partial charge in [-0.3, -0.25) is 0 Å². The summed E-state index contributed by atoms with van der Waals surface area (Å²) in [7, 11) is 0. The summed E-state index contributed by atoms with van der Waals surface area (Å²) in [5, 5.41) is 0. The zero-order valence-electron chi connectivity index (χ0n) is 11.4. The molecule has 0 nitrogen and oxygen atoms in total. The fourth-order valence-electron chi connectivity index (χ4n) is 2.16. The van der Waals surface area contributed by atoms with Crippen molar-refractivity contribution in [1.29, 1.82) is 0 Å². The van der Waals surface area contributed by atoms with Crippen molar-refractivity contribution in [3.05, 3.63) is 84.4 Å². The van der Waals surface area contributed by atoms with E-state index in [1.54, 1.807) is 11.8 Å². The summed E-state index contributed by atoms with van der Waals surface area (Å²) in [5.74, 6) is 0. The maximum Gasteiger partial charge on any atom is 0.0124 e. The topological polar surface area (TPSA) is 0 Å². The first-order valence-electron chi connectivity index (χ1n) is 6.71. The first-order valence-corrected chi connectivity index (χ1v) is 7.53. The van der Waals surface area contributed by atoms with Gasteiger partial charge in [-0.25, -0.2) is 0 Å². The number of aryl methyl sites for hydroxylation is 1. The van der Waals surface area contributed by atoms with Crippen molar-refractivity contribution in [2.75, 3.05) is 0 Å². The van der Waals surface area contributed by atoms with Crippen LogP contribution in [0.25, 0.3) is 11.1 Å². The molecule has 3 aromatic rings. The van der Waals surface area contributed by atoms with Crippen LogP contribution in [-0.4, -0.2) is 0 Å². The lowest BCUT2D eigenvalue weighted by molar-refractivity contribution is 1.35. The van der Waals surface area contributed by atoms with E-state index in [0.717, 1.165) is 0 Å². The number of hydrogen-bond donors (Lipinski definition) is 0. The maximum atomic E-state index is 2.22. The fourth-order valence-corrected chi connectivity index (χ4v) is 3.10. The van der Waals surface area contributed by atoms with E-state index in [1.165, 1.54) is 26.5 Å². The third-order valence-corrected chi connectivity index (χ3v) is 4.18. The van der Waals surface area contributed by atoms with Crippen LogP contribution in [-0.2, 0) is 0 Å². The first kappa shape index (κ1) is 13.0. The normalized spacial score (nSPS) is 10.4. The Morgan fingerprint density at radius 2 is 1.30 bits per heavy atom. The summed E-state index contributed by atoms with van der Waals surface area (Å²) in [6.45, 7) is 2.13. The lowest BCUT2D eigenvalue weighted by Gasteiger charge is -2.05. The zero-order valence-corrected chi connectivity index (χ0v) is 12.2. The van der Waals surface area contributed by atoms with E-state index < -0.39 is 0 Å². The molecule has 3 aromatic carbocycles. The van der Waals surface area contributed by atoms with Crippen molar-refractivity contribution >= 4 is 11.8 Å². The number of rotatable bonds is 3. The van der Waals surface area contributed by atoms with E-state index >= 15 is 0 Å². The number of benzene rings is 3. The van der Waals surface area contributed by atoms with Gasteiger partial charge in [-0.2, -0.15) is 0 Å². The molecule has 0 radical (unpaired) electrons. The third-order valence-electron chi connectivity index (χ3n) is 3.19. The van der Waals surface area contributed by atoms with E-state index in [4.69, 9.17) is 0 Å². The second kappa shape index (κ2) is 5.98. The van der Waals surface area contributed by atoms with Gasteiger partial charge in [0.1, 0.15) is 0 Å². The van der Waals surface area contributed by atoms with Crippen LogP contribution in [0.3, 0.4) is 0 Å². The van der Waals surface area contributed by atoms with Gasteiger partial charge in [0.15, 0.2) is 0 Å².